The number of anilines is 1. The molecule has 1 atom stereocenters. The molecule has 1 fully saturated rings. The maximum atomic E-state index is 13.0. The second-order valence-electron chi connectivity index (χ2n) is 10.7. The number of ether oxygens (including phenoxy) is 1. The number of carbonyl (C=O) groups is 2. The molecule has 228 valence electrons. The second-order valence-corrected chi connectivity index (χ2v) is 11.5. The van der Waals surface area contributed by atoms with Gasteiger partial charge in [-0.3, -0.25) is 23.9 Å². The first-order chi connectivity index (χ1) is 21.1. The molecule has 1 aliphatic rings. The van der Waals surface area contributed by atoms with Crippen LogP contribution in [-0.2, 0) is 25.4 Å². The molecular formula is C32H31Cl2N5O5. The number of carbonyl (C=O) groups excluding carboxylic acids is 2. The molecule has 1 saturated carbocycles. The van der Waals surface area contributed by atoms with Crippen molar-refractivity contribution in [3.63, 3.8) is 0 Å². The number of nitrogens with zero attached hydrogens (tertiary/aromatic N) is 3. The highest BCUT2D eigenvalue weighted by atomic mass is 35.5. The highest BCUT2D eigenvalue weighted by Gasteiger charge is 2.22. The summed E-state index contributed by atoms with van der Waals surface area (Å²) in [5.41, 5.74) is 2.11. The number of rotatable bonds is 9. The Morgan fingerprint density at radius 3 is 2.45 bits per heavy atom. The van der Waals surface area contributed by atoms with E-state index in [0.717, 1.165) is 27.7 Å². The van der Waals surface area contributed by atoms with Gasteiger partial charge < -0.3 is 19.9 Å². The molecule has 2 aromatic carbocycles. The molecule has 5 rings (SSSR count). The SMILES string of the molecule is COc1cc(-c2cccc(-c3cccc(NC(=O)c4cn(C)c(=O)n(C)c4=O)c3Cl)c2Cl)ncc1CNC[C@@H]1CCC(=O)C1. The lowest BCUT2D eigenvalue weighted by Crippen LogP contribution is -2.40. The van der Waals surface area contributed by atoms with Crippen LogP contribution >= 0.6 is 23.2 Å². The minimum atomic E-state index is -0.719. The minimum absolute atomic E-state index is 0.205. The summed E-state index contributed by atoms with van der Waals surface area (Å²) in [6, 6.07) is 12.4. The summed E-state index contributed by atoms with van der Waals surface area (Å²) < 4.78 is 7.68. The minimum Gasteiger partial charge on any atom is -0.496 e. The van der Waals surface area contributed by atoms with Gasteiger partial charge in [-0.05, 0) is 24.9 Å². The van der Waals surface area contributed by atoms with Gasteiger partial charge in [0.25, 0.3) is 11.5 Å². The third-order valence-corrected chi connectivity index (χ3v) is 8.58. The number of hydrogen-bond acceptors (Lipinski definition) is 7. The molecule has 0 spiro atoms. The topological polar surface area (TPSA) is 124 Å². The van der Waals surface area contributed by atoms with Crippen LogP contribution in [0.25, 0.3) is 22.4 Å². The van der Waals surface area contributed by atoms with Crippen molar-refractivity contribution < 1.29 is 14.3 Å². The predicted octanol–water partition coefficient (Wildman–Crippen LogP) is 4.84. The normalized spacial score (nSPS) is 14.6. The third kappa shape index (κ3) is 6.33. The molecule has 4 aromatic rings. The van der Waals surface area contributed by atoms with Crippen molar-refractivity contribution >= 4 is 40.6 Å². The van der Waals surface area contributed by atoms with Crippen LogP contribution in [0, 0.1) is 5.92 Å². The van der Waals surface area contributed by atoms with Crippen molar-refractivity contribution in [1.29, 1.82) is 0 Å². The summed E-state index contributed by atoms with van der Waals surface area (Å²) in [7, 11) is 4.36. The van der Waals surface area contributed by atoms with Gasteiger partial charge in [-0.2, -0.15) is 0 Å². The van der Waals surface area contributed by atoms with E-state index < -0.39 is 17.2 Å². The first-order valence-corrected chi connectivity index (χ1v) is 14.8. The molecule has 0 bridgehead atoms. The van der Waals surface area contributed by atoms with Crippen molar-refractivity contribution in [3.8, 4) is 28.1 Å². The van der Waals surface area contributed by atoms with Crippen LogP contribution in [0.15, 0.2) is 64.4 Å². The highest BCUT2D eigenvalue weighted by Crippen LogP contribution is 2.41. The Bertz CT molecular complexity index is 1880. The summed E-state index contributed by atoms with van der Waals surface area (Å²) in [6.07, 6.45) is 5.15. The fourth-order valence-electron chi connectivity index (χ4n) is 5.34. The molecule has 2 heterocycles. The van der Waals surface area contributed by atoms with Gasteiger partial charge >= 0.3 is 5.69 Å². The van der Waals surface area contributed by atoms with Gasteiger partial charge in [0.15, 0.2) is 0 Å². The Labute approximate surface area is 263 Å². The molecule has 0 saturated heterocycles. The number of nitrogens with one attached hydrogen (secondary N) is 2. The van der Waals surface area contributed by atoms with Crippen molar-refractivity contribution in [2.75, 3.05) is 19.0 Å². The van der Waals surface area contributed by atoms with Crippen LogP contribution < -0.4 is 26.6 Å². The van der Waals surface area contributed by atoms with E-state index in [4.69, 9.17) is 27.9 Å². The van der Waals surface area contributed by atoms with Gasteiger partial charge in [-0.1, -0.05) is 53.5 Å². The van der Waals surface area contributed by atoms with E-state index in [1.165, 1.54) is 20.3 Å². The van der Waals surface area contributed by atoms with Crippen LogP contribution in [0.2, 0.25) is 10.0 Å². The molecule has 0 radical (unpaired) electrons. The van der Waals surface area contributed by atoms with Crippen molar-refractivity contribution in [1.82, 2.24) is 19.4 Å². The zero-order valence-corrected chi connectivity index (χ0v) is 26.0. The van der Waals surface area contributed by atoms with E-state index >= 15 is 0 Å². The number of hydrogen-bond donors (Lipinski definition) is 2. The second kappa shape index (κ2) is 13.2. The quantitative estimate of drug-likeness (QED) is 0.270. The fourth-order valence-corrected chi connectivity index (χ4v) is 5.94. The average molecular weight is 637 g/mol. The Hall–Kier alpha value is -4.25. The van der Waals surface area contributed by atoms with E-state index in [2.05, 4.69) is 15.6 Å². The van der Waals surface area contributed by atoms with Gasteiger partial charge in [0.1, 0.15) is 17.1 Å². The van der Waals surface area contributed by atoms with Crippen molar-refractivity contribution in [2.24, 2.45) is 20.0 Å². The van der Waals surface area contributed by atoms with Crippen molar-refractivity contribution in [3.05, 3.63) is 96.9 Å². The lowest BCUT2D eigenvalue weighted by Gasteiger charge is -2.16. The fraction of sp³-hybridized carbons (Fsp3) is 0.281. The van der Waals surface area contributed by atoms with Gasteiger partial charge in [0.05, 0.1) is 28.5 Å². The zero-order chi connectivity index (χ0) is 31.5. The maximum absolute atomic E-state index is 13.0. The summed E-state index contributed by atoms with van der Waals surface area (Å²) in [5, 5.41) is 6.71. The van der Waals surface area contributed by atoms with E-state index in [1.807, 2.05) is 24.3 Å². The molecule has 1 amide bonds. The van der Waals surface area contributed by atoms with E-state index in [9.17, 15) is 19.2 Å². The molecule has 1 aliphatic carbocycles. The number of aromatic nitrogens is 3. The number of pyridine rings is 1. The lowest BCUT2D eigenvalue weighted by molar-refractivity contribution is -0.117. The van der Waals surface area contributed by atoms with Crippen LogP contribution in [0.5, 0.6) is 5.75 Å². The number of aryl methyl sites for hydroxylation is 1. The molecule has 0 unspecified atom stereocenters. The van der Waals surface area contributed by atoms with Crippen LogP contribution in [0.1, 0.15) is 35.2 Å². The molecule has 0 aliphatic heterocycles. The largest absolute Gasteiger partial charge is 0.496 e. The zero-order valence-electron chi connectivity index (χ0n) is 24.4. The summed E-state index contributed by atoms with van der Waals surface area (Å²) in [4.78, 5) is 53.8. The first-order valence-electron chi connectivity index (χ1n) is 14.0. The predicted molar refractivity (Wildman–Crippen MR) is 171 cm³/mol. The molecule has 10 nitrogen and oxygen atoms in total. The van der Waals surface area contributed by atoms with Gasteiger partial charge in [-0.15, -0.1) is 0 Å². The number of ketones is 1. The Balaban J connectivity index is 1.40. The lowest BCUT2D eigenvalue weighted by atomic mass is 10.00. The number of methoxy groups -OCH3 is 1. The number of halogens is 2. The van der Waals surface area contributed by atoms with Crippen LogP contribution in [0.3, 0.4) is 0 Å². The van der Waals surface area contributed by atoms with Crippen molar-refractivity contribution in [2.45, 2.75) is 25.8 Å². The smallest absolute Gasteiger partial charge is 0.330 e. The van der Waals surface area contributed by atoms with Gasteiger partial charge in [-0.25, -0.2) is 4.79 Å². The maximum Gasteiger partial charge on any atom is 0.330 e. The monoisotopic (exact) mass is 635 g/mol. The Kier molecular flexibility index (Phi) is 9.33. The first kappa shape index (κ1) is 31.2. The highest BCUT2D eigenvalue weighted by molar-refractivity contribution is 6.39. The molecule has 44 heavy (non-hydrogen) atoms. The van der Waals surface area contributed by atoms with Crippen LogP contribution in [-0.4, -0.2) is 39.5 Å². The summed E-state index contributed by atoms with van der Waals surface area (Å²) >= 11 is 13.7. The molecule has 2 aromatic heterocycles. The van der Waals surface area contributed by atoms with Crippen LogP contribution in [0.4, 0.5) is 5.69 Å². The molecular weight excluding hydrogens is 605 g/mol. The van der Waals surface area contributed by atoms with E-state index in [1.54, 1.807) is 31.5 Å². The number of amides is 1. The Morgan fingerprint density at radius 1 is 1.05 bits per heavy atom. The molecule has 12 heteroatoms. The Morgan fingerprint density at radius 2 is 1.75 bits per heavy atom. The summed E-state index contributed by atoms with van der Waals surface area (Å²) in [5.74, 6) is 0.633. The number of benzene rings is 2. The van der Waals surface area contributed by atoms with E-state index in [0.29, 0.717) is 64.2 Å². The number of Topliss-reactive ketones (excluding diaryl/α,β-unsaturated/α-hetero) is 1. The summed E-state index contributed by atoms with van der Waals surface area (Å²) in [6.45, 7) is 1.31. The van der Waals surface area contributed by atoms with Gasteiger partial charge in [0.2, 0.25) is 0 Å². The third-order valence-electron chi connectivity index (χ3n) is 7.76. The van der Waals surface area contributed by atoms with Gasteiger partial charge in [0, 0.05) is 74.2 Å². The average Bonchev–Trinajstić information content (AvgIpc) is 3.44. The van der Waals surface area contributed by atoms with E-state index in [-0.39, 0.29) is 16.3 Å². The standard InChI is InChI=1S/C32H31Cl2N5O5/c1-38-17-24(31(42)39(2)32(38)43)30(41)37-25-9-5-7-22(29(25)34)21-6-4-8-23(28(21)33)26-13-27(44-3)19(16-36-26)15-35-14-18-10-11-20(40)12-18/h4-9,13,16-18,35H,10-12,14-15H2,1-3H3,(H,37,41)/t18-/m1/s1. The molecule has 2 N–H and O–H groups in total.